The summed E-state index contributed by atoms with van der Waals surface area (Å²) in [6, 6.07) is 1.80. The second kappa shape index (κ2) is 5.34. The Morgan fingerprint density at radius 1 is 1.27 bits per heavy atom. The summed E-state index contributed by atoms with van der Waals surface area (Å²) in [6.45, 7) is 0. The van der Waals surface area contributed by atoms with Gasteiger partial charge < -0.3 is 10.0 Å². The highest BCUT2D eigenvalue weighted by Gasteiger charge is 2.20. The molecule has 0 aliphatic heterocycles. The van der Waals surface area contributed by atoms with Crippen molar-refractivity contribution < 1.29 is 9.90 Å². The minimum atomic E-state index is -0.0875. The second-order valence-corrected chi connectivity index (χ2v) is 6.48. The number of halogens is 3. The van der Waals surface area contributed by atoms with E-state index in [4.69, 9.17) is 0 Å². The molecule has 1 amide bonds. The van der Waals surface area contributed by atoms with Crippen LogP contribution in [0.15, 0.2) is 6.07 Å². The van der Waals surface area contributed by atoms with Crippen LogP contribution in [0.2, 0.25) is 0 Å². The summed E-state index contributed by atoms with van der Waals surface area (Å²) in [4.78, 5) is 13.4. The molecule has 6 heteroatoms. The lowest BCUT2D eigenvalue weighted by Gasteiger charge is -2.14. The van der Waals surface area contributed by atoms with Gasteiger partial charge in [-0.05, 0) is 73.8 Å². The Morgan fingerprint density at radius 2 is 1.80 bits per heavy atom. The molecule has 1 rings (SSSR count). The Hall–Kier alpha value is 0.680. The zero-order chi connectivity index (χ0) is 11.7. The smallest absolute Gasteiger partial charge is 0.255 e. The van der Waals surface area contributed by atoms with Gasteiger partial charge in [-0.1, -0.05) is 0 Å². The molecule has 0 saturated carbocycles. The quantitative estimate of drug-likeness (QED) is 0.555. The molecule has 0 fully saturated rings. The van der Waals surface area contributed by atoms with Gasteiger partial charge in [0, 0.05) is 17.7 Å². The van der Waals surface area contributed by atoms with Gasteiger partial charge in [0.05, 0.1) is 12.7 Å². The Bertz CT molecular complexity index is 418. The normalized spacial score (nSPS) is 10.2. The van der Waals surface area contributed by atoms with Crippen molar-refractivity contribution in [3.63, 3.8) is 0 Å². The molecule has 0 radical (unpaired) electrons. The lowest BCUT2D eigenvalue weighted by Crippen LogP contribution is -2.23. The zero-order valence-electron chi connectivity index (χ0n) is 8.01. The molecule has 0 aliphatic carbocycles. The third kappa shape index (κ3) is 2.87. The number of hydrogen-bond donors (Lipinski definition) is 1. The van der Waals surface area contributed by atoms with E-state index in [0.29, 0.717) is 9.13 Å². The number of phenolic OH excluding ortho intramolecular Hbond substituents is 1. The van der Waals surface area contributed by atoms with Crippen LogP contribution in [-0.2, 0) is 0 Å². The number of hydrogen-bond acceptors (Lipinski definition) is 2. The van der Waals surface area contributed by atoms with E-state index in [0.717, 1.165) is 7.14 Å². The van der Waals surface area contributed by atoms with Crippen molar-refractivity contribution in [3.8, 4) is 5.75 Å². The molecule has 1 aromatic carbocycles. The molecule has 3 nitrogen and oxygen atoms in total. The van der Waals surface area contributed by atoms with Crippen LogP contribution in [0.5, 0.6) is 5.75 Å². The summed E-state index contributed by atoms with van der Waals surface area (Å²) < 4.78 is 2.23. The molecule has 0 spiro atoms. The minimum Gasteiger partial charge on any atom is -0.506 e. The van der Waals surface area contributed by atoms with E-state index < -0.39 is 0 Å². The topological polar surface area (TPSA) is 40.5 Å². The van der Waals surface area contributed by atoms with E-state index in [2.05, 4.69) is 22.6 Å². The van der Waals surface area contributed by atoms with E-state index in [-0.39, 0.29) is 11.7 Å². The third-order valence-corrected chi connectivity index (χ3v) is 4.49. The van der Waals surface area contributed by atoms with Crippen LogP contribution in [0.1, 0.15) is 10.4 Å². The molecule has 0 aromatic heterocycles. The fraction of sp³-hybridized carbons (Fsp3) is 0.222. The van der Waals surface area contributed by atoms with Crippen LogP contribution in [0.4, 0.5) is 0 Å². The van der Waals surface area contributed by atoms with Gasteiger partial charge in [-0.2, -0.15) is 0 Å². The average molecular weight is 543 g/mol. The number of benzene rings is 1. The monoisotopic (exact) mass is 543 g/mol. The summed E-state index contributed by atoms with van der Waals surface area (Å²) in [5.41, 5.74) is 0.569. The average Bonchev–Trinajstić information content (AvgIpc) is 2.14. The van der Waals surface area contributed by atoms with Crippen LogP contribution in [0.25, 0.3) is 0 Å². The molecule has 0 saturated heterocycles. The predicted octanol–water partition coefficient (Wildman–Crippen LogP) is 2.91. The van der Waals surface area contributed by atoms with Gasteiger partial charge in [0.2, 0.25) is 0 Å². The number of phenols is 1. The van der Waals surface area contributed by atoms with Crippen molar-refractivity contribution in [1.82, 2.24) is 4.90 Å². The van der Waals surface area contributed by atoms with Crippen molar-refractivity contribution in [2.75, 3.05) is 14.1 Å². The Labute approximate surface area is 129 Å². The number of rotatable bonds is 1. The number of carbonyl (C=O) groups is 1. The van der Waals surface area contributed by atoms with Gasteiger partial charge in [0.25, 0.3) is 5.91 Å². The standard InChI is InChI=1S/C9H8I3NO2/c1-13(2)9(15)6-4(10)3-5(11)8(14)7(6)12/h3,14H,1-2H3. The van der Waals surface area contributed by atoms with Crippen molar-refractivity contribution in [2.45, 2.75) is 0 Å². The fourth-order valence-electron chi connectivity index (χ4n) is 1.000. The largest absolute Gasteiger partial charge is 0.506 e. The second-order valence-electron chi connectivity index (χ2n) is 3.08. The zero-order valence-corrected chi connectivity index (χ0v) is 14.5. The van der Waals surface area contributed by atoms with Gasteiger partial charge in [0.15, 0.2) is 0 Å². The lowest BCUT2D eigenvalue weighted by molar-refractivity contribution is 0.0825. The van der Waals surface area contributed by atoms with E-state index in [1.807, 2.05) is 45.2 Å². The van der Waals surface area contributed by atoms with Crippen LogP contribution in [-0.4, -0.2) is 30.0 Å². The van der Waals surface area contributed by atoms with Crippen LogP contribution >= 0.6 is 67.8 Å². The third-order valence-electron chi connectivity index (χ3n) is 1.77. The lowest BCUT2D eigenvalue weighted by atomic mass is 10.2. The first-order chi connectivity index (χ1) is 6.86. The molecular weight excluding hydrogens is 535 g/mol. The van der Waals surface area contributed by atoms with E-state index in [1.165, 1.54) is 4.90 Å². The SMILES string of the molecule is CN(C)C(=O)c1c(I)cc(I)c(O)c1I. The summed E-state index contributed by atoms with van der Waals surface area (Å²) in [6.07, 6.45) is 0. The molecule has 1 N–H and O–H groups in total. The summed E-state index contributed by atoms with van der Waals surface area (Å²) in [7, 11) is 3.40. The maximum Gasteiger partial charge on any atom is 0.255 e. The minimum absolute atomic E-state index is 0.0875. The maximum absolute atomic E-state index is 11.9. The van der Waals surface area contributed by atoms with E-state index >= 15 is 0 Å². The van der Waals surface area contributed by atoms with Gasteiger partial charge in [0.1, 0.15) is 5.75 Å². The van der Waals surface area contributed by atoms with E-state index in [1.54, 1.807) is 20.2 Å². The number of aromatic hydroxyl groups is 1. The van der Waals surface area contributed by atoms with Crippen molar-refractivity contribution >= 4 is 73.7 Å². The van der Waals surface area contributed by atoms with Gasteiger partial charge in [-0.15, -0.1) is 0 Å². The molecule has 1 aromatic rings. The van der Waals surface area contributed by atoms with E-state index in [9.17, 15) is 9.90 Å². The summed E-state index contributed by atoms with van der Waals surface area (Å²) >= 11 is 6.15. The first kappa shape index (κ1) is 13.7. The molecule has 82 valence electrons. The summed E-state index contributed by atoms with van der Waals surface area (Å²) in [5.74, 6) is 0.0947. The molecule has 0 bridgehead atoms. The van der Waals surface area contributed by atoms with Crippen LogP contribution < -0.4 is 0 Å². The summed E-state index contributed by atoms with van der Waals surface area (Å²) in [5, 5.41) is 9.75. The Kier molecular flexibility index (Phi) is 4.89. The van der Waals surface area contributed by atoms with Crippen molar-refractivity contribution in [2.24, 2.45) is 0 Å². The van der Waals surface area contributed by atoms with Gasteiger partial charge >= 0.3 is 0 Å². The maximum atomic E-state index is 11.9. The first-order valence-corrected chi connectivity index (χ1v) is 7.18. The van der Waals surface area contributed by atoms with Crippen LogP contribution in [0.3, 0.4) is 0 Å². The van der Waals surface area contributed by atoms with Gasteiger partial charge in [-0.25, -0.2) is 0 Å². The predicted molar refractivity (Wildman–Crippen MR) is 84.3 cm³/mol. The van der Waals surface area contributed by atoms with Gasteiger partial charge in [-0.3, -0.25) is 4.79 Å². The molecule has 0 unspecified atom stereocenters. The Balaban J connectivity index is 3.43. The molecule has 0 atom stereocenters. The van der Waals surface area contributed by atoms with Crippen molar-refractivity contribution in [3.05, 3.63) is 22.3 Å². The fourth-order valence-corrected chi connectivity index (χ4v) is 4.83. The van der Waals surface area contributed by atoms with Crippen molar-refractivity contribution in [1.29, 1.82) is 0 Å². The molecule has 15 heavy (non-hydrogen) atoms. The Morgan fingerprint density at radius 3 is 2.27 bits per heavy atom. The molecule has 0 heterocycles. The number of amides is 1. The molecular formula is C9H8I3NO2. The highest BCUT2D eigenvalue weighted by molar-refractivity contribution is 14.1. The first-order valence-electron chi connectivity index (χ1n) is 3.94. The highest BCUT2D eigenvalue weighted by atomic mass is 127. The van der Waals surface area contributed by atoms with Crippen LogP contribution in [0, 0.1) is 10.7 Å². The molecule has 0 aliphatic rings. The number of carbonyl (C=O) groups excluding carboxylic acids is 1. The number of nitrogens with zero attached hydrogens (tertiary/aromatic N) is 1. The highest BCUT2D eigenvalue weighted by Crippen LogP contribution is 2.32.